The van der Waals surface area contributed by atoms with Gasteiger partial charge in [0.15, 0.2) is 5.76 Å². The summed E-state index contributed by atoms with van der Waals surface area (Å²) in [6.45, 7) is 7.57. The maximum Gasteiger partial charge on any atom is 0.151 e. The molecule has 0 unspecified atom stereocenters. The molecule has 0 aliphatic carbocycles. The van der Waals surface area contributed by atoms with Crippen molar-refractivity contribution in [1.82, 2.24) is 15.4 Å². The average molecular weight is 267 g/mol. The van der Waals surface area contributed by atoms with E-state index in [0.717, 1.165) is 56.8 Å². The van der Waals surface area contributed by atoms with Crippen LogP contribution in [0.15, 0.2) is 10.6 Å². The minimum atomic E-state index is 0.753. The molecule has 0 spiro atoms. The molecule has 19 heavy (non-hydrogen) atoms. The smallest absolute Gasteiger partial charge is 0.151 e. The second-order valence-corrected chi connectivity index (χ2v) is 5.32. The highest BCUT2D eigenvalue weighted by Crippen LogP contribution is 2.16. The van der Waals surface area contributed by atoms with E-state index in [2.05, 4.69) is 29.3 Å². The summed E-state index contributed by atoms with van der Waals surface area (Å²) in [5, 5.41) is 7.32. The summed E-state index contributed by atoms with van der Waals surface area (Å²) < 4.78 is 10.8. The molecule has 1 aliphatic rings. The Kier molecular flexibility index (Phi) is 5.82. The zero-order valence-corrected chi connectivity index (χ0v) is 12.0. The van der Waals surface area contributed by atoms with Crippen LogP contribution in [0, 0.1) is 5.92 Å². The van der Waals surface area contributed by atoms with Gasteiger partial charge in [-0.05, 0) is 32.4 Å². The summed E-state index contributed by atoms with van der Waals surface area (Å²) in [5.41, 5.74) is 0.983. The second kappa shape index (κ2) is 7.62. The largest absolute Gasteiger partial charge is 0.381 e. The number of hydrogen-bond donors (Lipinski definition) is 1. The molecule has 2 heterocycles. The third kappa shape index (κ3) is 4.93. The molecule has 1 saturated heterocycles. The minimum absolute atomic E-state index is 0.753. The van der Waals surface area contributed by atoms with E-state index >= 15 is 0 Å². The van der Waals surface area contributed by atoms with Crippen LogP contribution in [0.1, 0.15) is 31.2 Å². The van der Waals surface area contributed by atoms with E-state index in [1.807, 2.05) is 6.07 Å². The van der Waals surface area contributed by atoms with Crippen molar-refractivity contribution in [3.05, 3.63) is 17.5 Å². The quantitative estimate of drug-likeness (QED) is 0.814. The fourth-order valence-electron chi connectivity index (χ4n) is 2.47. The van der Waals surface area contributed by atoms with Gasteiger partial charge in [0.2, 0.25) is 0 Å². The van der Waals surface area contributed by atoms with Gasteiger partial charge in [0, 0.05) is 32.4 Å². The molecule has 1 aromatic rings. The van der Waals surface area contributed by atoms with Crippen LogP contribution in [0.25, 0.3) is 0 Å². The molecule has 1 aliphatic heterocycles. The Morgan fingerprint density at radius 1 is 1.42 bits per heavy atom. The molecular formula is C14H25N3O2. The van der Waals surface area contributed by atoms with Gasteiger partial charge in [-0.1, -0.05) is 12.1 Å². The minimum Gasteiger partial charge on any atom is -0.381 e. The van der Waals surface area contributed by atoms with Gasteiger partial charge in [-0.2, -0.15) is 0 Å². The van der Waals surface area contributed by atoms with E-state index in [4.69, 9.17) is 9.26 Å². The highest BCUT2D eigenvalue weighted by Gasteiger charge is 2.16. The lowest BCUT2D eigenvalue weighted by Crippen LogP contribution is -2.29. The SMILES string of the molecule is CCNCc1cc(CN(C)CC2CCOCC2)on1. The molecule has 0 atom stereocenters. The number of aromatic nitrogens is 1. The van der Waals surface area contributed by atoms with Crippen molar-refractivity contribution in [2.45, 2.75) is 32.9 Å². The molecule has 5 heteroatoms. The predicted octanol–water partition coefficient (Wildman–Crippen LogP) is 1.64. The highest BCUT2D eigenvalue weighted by molar-refractivity contribution is 5.05. The van der Waals surface area contributed by atoms with Crippen LogP contribution in [-0.4, -0.2) is 43.4 Å². The van der Waals surface area contributed by atoms with Crippen molar-refractivity contribution < 1.29 is 9.26 Å². The fourth-order valence-corrected chi connectivity index (χ4v) is 2.47. The molecule has 0 amide bonds. The monoisotopic (exact) mass is 267 g/mol. The lowest BCUT2D eigenvalue weighted by molar-refractivity contribution is 0.0540. The molecule has 0 aromatic carbocycles. The second-order valence-electron chi connectivity index (χ2n) is 5.32. The Labute approximate surface area is 115 Å². The summed E-state index contributed by atoms with van der Waals surface area (Å²) in [4.78, 5) is 2.31. The number of ether oxygens (including phenoxy) is 1. The van der Waals surface area contributed by atoms with Gasteiger partial charge in [-0.3, -0.25) is 4.90 Å². The van der Waals surface area contributed by atoms with Crippen LogP contribution < -0.4 is 5.32 Å². The van der Waals surface area contributed by atoms with Crippen molar-refractivity contribution in [2.75, 3.05) is 33.4 Å². The molecule has 1 N–H and O–H groups in total. The Balaban J connectivity index is 1.74. The molecule has 1 fully saturated rings. The molecule has 0 bridgehead atoms. The van der Waals surface area contributed by atoms with Crippen molar-refractivity contribution in [3.63, 3.8) is 0 Å². The van der Waals surface area contributed by atoms with Gasteiger partial charge < -0.3 is 14.6 Å². The summed E-state index contributed by atoms with van der Waals surface area (Å²) in [7, 11) is 2.14. The summed E-state index contributed by atoms with van der Waals surface area (Å²) in [5.74, 6) is 1.70. The number of nitrogens with one attached hydrogen (secondary N) is 1. The van der Waals surface area contributed by atoms with Crippen LogP contribution in [0.4, 0.5) is 0 Å². The average Bonchev–Trinajstić information content (AvgIpc) is 2.85. The van der Waals surface area contributed by atoms with E-state index < -0.39 is 0 Å². The maximum absolute atomic E-state index is 5.39. The van der Waals surface area contributed by atoms with Crippen molar-refractivity contribution >= 4 is 0 Å². The highest BCUT2D eigenvalue weighted by atomic mass is 16.5. The van der Waals surface area contributed by atoms with Crippen molar-refractivity contribution in [3.8, 4) is 0 Å². The Morgan fingerprint density at radius 2 is 2.21 bits per heavy atom. The Bertz CT molecular complexity index is 361. The fraction of sp³-hybridized carbons (Fsp3) is 0.786. The van der Waals surface area contributed by atoms with Gasteiger partial charge in [0.25, 0.3) is 0 Å². The lowest BCUT2D eigenvalue weighted by atomic mass is 10.00. The van der Waals surface area contributed by atoms with Crippen LogP contribution >= 0.6 is 0 Å². The van der Waals surface area contributed by atoms with Crippen molar-refractivity contribution in [1.29, 1.82) is 0 Å². The number of hydrogen-bond acceptors (Lipinski definition) is 5. The molecule has 0 radical (unpaired) electrons. The first-order valence-corrected chi connectivity index (χ1v) is 7.19. The summed E-state index contributed by atoms with van der Waals surface area (Å²) in [6, 6.07) is 2.04. The normalized spacial score (nSPS) is 17.2. The van der Waals surface area contributed by atoms with Gasteiger partial charge in [0.05, 0.1) is 12.2 Å². The van der Waals surface area contributed by atoms with Gasteiger partial charge in [0.1, 0.15) is 0 Å². The third-order valence-electron chi connectivity index (χ3n) is 3.50. The Morgan fingerprint density at radius 3 is 2.95 bits per heavy atom. The van der Waals surface area contributed by atoms with Crippen molar-refractivity contribution in [2.24, 2.45) is 5.92 Å². The summed E-state index contributed by atoms with van der Waals surface area (Å²) in [6.07, 6.45) is 2.35. The zero-order chi connectivity index (χ0) is 13.5. The molecule has 1 aromatic heterocycles. The number of nitrogens with zero attached hydrogens (tertiary/aromatic N) is 2. The van der Waals surface area contributed by atoms with Gasteiger partial charge in [-0.25, -0.2) is 0 Å². The van der Waals surface area contributed by atoms with Crippen LogP contribution in [-0.2, 0) is 17.8 Å². The molecular weight excluding hydrogens is 242 g/mol. The molecule has 5 nitrogen and oxygen atoms in total. The van der Waals surface area contributed by atoms with E-state index in [1.54, 1.807) is 0 Å². The van der Waals surface area contributed by atoms with E-state index in [9.17, 15) is 0 Å². The van der Waals surface area contributed by atoms with E-state index in [0.29, 0.717) is 0 Å². The van der Waals surface area contributed by atoms with Crippen LogP contribution in [0.3, 0.4) is 0 Å². The van der Waals surface area contributed by atoms with Gasteiger partial charge in [-0.15, -0.1) is 0 Å². The maximum atomic E-state index is 5.39. The third-order valence-corrected chi connectivity index (χ3v) is 3.50. The van der Waals surface area contributed by atoms with E-state index in [-0.39, 0.29) is 0 Å². The lowest BCUT2D eigenvalue weighted by Gasteiger charge is -2.26. The van der Waals surface area contributed by atoms with E-state index in [1.165, 1.54) is 12.8 Å². The predicted molar refractivity (Wildman–Crippen MR) is 73.8 cm³/mol. The molecule has 108 valence electrons. The van der Waals surface area contributed by atoms with Gasteiger partial charge >= 0.3 is 0 Å². The zero-order valence-electron chi connectivity index (χ0n) is 12.0. The number of rotatable bonds is 7. The molecule has 2 rings (SSSR count). The molecule has 0 saturated carbocycles. The topological polar surface area (TPSA) is 50.5 Å². The standard InChI is InChI=1S/C14H25N3O2/c1-3-15-9-13-8-14(19-16-13)11-17(2)10-12-4-6-18-7-5-12/h8,12,15H,3-7,9-11H2,1-2H3. The Hall–Kier alpha value is -0.910. The first-order valence-electron chi connectivity index (χ1n) is 7.19. The van der Waals surface area contributed by atoms with Crippen LogP contribution in [0.5, 0.6) is 0 Å². The van der Waals surface area contributed by atoms with Crippen LogP contribution in [0.2, 0.25) is 0 Å². The first kappa shape index (κ1) is 14.5. The first-order chi connectivity index (χ1) is 9.28. The summed E-state index contributed by atoms with van der Waals surface area (Å²) >= 11 is 0.